The van der Waals surface area contributed by atoms with E-state index in [4.69, 9.17) is 0 Å². The molecule has 0 aromatic carbocycles. The molecule has 0 aromatic heterocycles. The van der Waals surface area contributed by atoms with Crippen molar-refractivity contribution in [2.24, 2.45) is 0 Å². The Balaban J connectivity index is 2.16. The van der Waals surface area contributed by atoms with Crippen molar-refractivity contribution in [3.63, 3.8) is 0 Å². The lowest BCUT2D eigenvalue weighted by Gasteiger charge is -2.31. The number of nitrogens with one attached hydrogen (secondary N) is 1. The van der Waals surface area contributed by atoms with Gasteiger partial charge in [0.15, 0.2) is 0 Å². The Hall–Kier alpha value is -0.730. The highest BCUT2D eigenvalue weighted by molar-refractivity contribution is 5.77. The molecule has 3 nitrogen and oxygen atoms in total. The van der Waals surface area contributed by atoms with E-state index in [0.717, 1.165) is 0 Å². The second kappa shape index (κ2) is 1.40. The minimum absolute atomic E-state index is 0.0995. The molecule has 1 heterocycles. The number of urea groups is 1. The number of fused-ring (bicyclic) bond motifs is 1. The standard InChI is InChI=1S/C6H10N2O/c1-8-5-3-2-4(5)7-6(8)9/h4-5H,2-3H2,1H3,(H,7,9). The highest BCUT2D eigenvalue weighted by Crippen LogP contribution is 2.29. The number of rotatable bonds is 0. The fraction of sp³-hybridized carbons (Fsp3) is 0.833. The van der Waals surface area contributed by atoms with Gasteiger partial charge in [0.25, 0.3) is 0 Å². The molecule has 1 aliphatic carbocycles. The maximum atomic E-state index is 10.8. The van der Waals surface area contributed by atoms with Crippen LogP contribution in [-0.4, -0.2) is 30.1 Å². The van der Waals surface area contributed by atoms with Crippen molar-refractivity contribution in [3.8, 4) is 0 Å². The number of likely N-dealkylation sites (N-methyl/N-ethyl adjacent to an activating group) is 1. The van der Waals surface area contributed by atoms with Gasteiger partial charge in [-0.05, 0) is 12.8 Å². The number of hydrogen-bond acceptors (Lipinski definition) is 1. The van der Waals surface area contributed by atoms with E-state index in [1.54, 1.807) is 4.90 Å². The Morgan fingerprint density at radius 1 is 1.67 bits per heavy atom. The Morgan fingerprint density at radius 3 is 2.67 bits per heavy atom. The van der Waals surface area contributed by atoms with Crippen molar-refractivity contribution >= 4 is 6.03 Å². The van der Waals surface area contributed by atoms with Crippen molar-refractivity contribution in [1.82, 2.24) is 10.2 Å². The first-order chi connectivity index (χ1) is 4.29. The van der Waals surface area contributed by atoms with Crippen LogP contribution in [0.1, 0.15) is 12.8 Å². The predicted molar refractivity (Wildman–Crippen MR) is 33.1 cm³/mol. The van der Waals surface area contributed by atoms with E-state index >= 15 is 0 Å². The van der Waals surface area contributed by atoms with Crippen molar-refractivity contribution in [3.05, 3.63) is 0 Å². The molecule has 2 fully saturated rings. The van der Waals surface area contributed by atoms with Crippen molar-refractivity contribution < 1.29 is 4.79 Å². The van der Waals surface area contributed by atoms with Gasteiger partial charge < -0.3 is 10.2 Å². The highest BCUT2D eigenvalue weighted by Gasteiger charge is 2.42. The molecule has 2 amide bonds. The number of carbonyl (C=O) groups is 1. The second-order valence-electron chi connectivity index (χ2n) is 2.81. The van der Waals surface area contributed by atoms with Gasteiger partial charge in [0, 0.05) is 7.05 Å². The Labute approximate surface area is 54.0 Å². The van der Waals surface area contributed by atoms with Crippen LogP contribution in [0.5, 0.6) is 0 Å². The Kier molecular flexibility index (Phi) is 0.793. The summed E-state index contributed by atoms with van der Waals surface area (Å²) in [5.41, 5.74) is 0. The summed E-state index contributed by atoms with van der Waals surface area (Å²) in [6.45, 7) is 0. The summed E-state index contributed by atoms with van der Waals surface area (Å²) in [5, 5.41) is 2.89. The molecule has 1 saturated heterocycles. The summed E-state index contributed by atoms with van der Waals surface area (Å²) in [6, 6.07) is 1.09. The number of nitrogens with zero attached hydrogens (tertiary/aromatic N) is 1. The van der Waals surface area contributed by atoms with Crippen LogP contribution >= 0.6 is 0 Å². The molecule has 2 aliphatic rings. The molecule has 1 N–H and O–H groups in total. The minimum atomic E-state index is 0.0995. The normalized spacial score (nSPS) is 39.7. The first-order valence-corrected chi connectivity index (χ1v) is 3.32. The Morgan fingerprint density at radius 2 is 2.44 bits per heavy atom. The van der Waals surface area contributed by atoms with Crippen LogP contribution in [0.2, 0.25) is 0 Å². The van der Waals surface area contributed by atoms with Gasteiger partial charge >= 0.3 is 6.03 Å². The van der Waals surface area contributed by atoms with Gasteiger partial charge in [-0.2, -0.15) is 0 Å². The van der Waals surface area contributed by atoms with Crippen LogP contribution in [-0.2, 0) is 0 Å². The molecular formula is C6H10N2O. The molecule has 9 heavy (non-hydrogen) atoms. The molecule has 50 valence electrons. The molecule has 0 bridgehead atoms. The zero-order valence-corrected chi connectivity index (χ0v) is 5.42. The second-order valence-corrected chi connectivity index (χ2v) is 2.81. The van der Waals surface area contributed by atoms with Crippen LogP contribution in [0.4, 0.5) is 4.79 Å². The summed E-state index contributed by atoms with van der Waals surface area (Å²) in [6.07, 6.45) is 2.35. The van der Waals surface area contributed by atoms with E-state index in [1.165, 1.54) is 12.8 Å². The monoisotopic (exact) mass is 126 g/mol. The number of carbonyl (C=O) groups excluding carboxylic acids is 1. The quantitative estimate of drug-likeness (QED) is 0.493. The summed E-state index contributed by atoms with van der Waals surface area (Å²) in [4.78, 5) is 12.6. The van der Waals surface area contributed by atoms with Gasteiger partial charge in [-0.1, -0.05) is 0 Å². The lowest BCUT2D eigenvalue weighted by atomic mass is 9.88. The Bertz CT molecular complexity index is 157. The molecule has 0 spiro atoms. The zero-order chi connectivity index (χ0) is 6.43. The summed E-state index contributed by atoms with van der Waals surface area (Å²) in [7, 11) is 1.86. The zero-order valence-electron chi connectivity index (χ0n) is 5.42. The molecule has 2 atom stereocenters. The van der Waals surface area contributed by atoms with Crippen LogP contribution in [0.25, 0.3) is 0 Å². The fourth-order valence-electron chi connectivity index (χ4n) is 1.53. The highest BCUT2D eigenvalue weighted by atomic mass is 16.2. The average Bonchev–Trinajstić information content (AvgIpc) is 1.92. The largest absolute Gasteiger partial charge is 0.333 e. The van der Waals surface area contributed by atoms with Crippen molar-refractivity contribution in [2.75, 3.05) is 7.05 Å². The minimum Gasteiger partial charge on any atom is -0.333 e. The first kappa shape index (κ1) is 5.09. The van der Waals surface area contributed by atoms with Crippen molar-refractivity contribution in [2.45, 2.75) is 24.9 Å². The van der Waals surface area contributed by atoms with E-state index in [9.17, 15) is 4.79 Å². The summed E-state index contributed by atoms with van der Waals surface area (Å²) >= 11 is 0. The van der Waals surface area contributed by atoms with E-state index in [1.807, 2.05) is 7.05 Å². The summed E-state index contributed by atoms with van der Waals surface area (Å²) in [5.74, 6) is 0. The summed E-state index contributed by atoms with van der Waals surface area (Å²) < 4.78 is 0. The lowest BCUT2D eigenvalue weighted by molar-refractivity contribution is 0.196. The van der Waals surface area contributed by atoms with Crippen LogP contribution < -0.4 is 5.32 Å². The van der Waals surface area contributed by atoms with Crippen LogP contribution in [0, 0.1) is 0 Å². The molecule has 2 rings (SSSR count). The lowest BCUT2D eigenvalue weighted by Crippen LogP contribution is -2.43. The predicted octanol–water partition coefficient (Wildman–Crippen LogP) is 0.172. The SMILES string of the molecule is CN1C(=O)NC2CCC21. The van der Waals surface area contributed by atoms with E-state index < -0.39 is 0 Å². The van der Waals surface area contributed by atoms with Gasteiger partial charge in [0.2, 0.25) is 0 Å². The maximum absolute atomic E-state index is 10.8. The van der Waals surface area contributed by atoms with E-state index in [2.05, 4.69) is 5.32 Å². The number of amides is 2. The van der Waals surface area contributed by atoms with Gasteiger partial charge in [-0.15, -0.1) is 0 Å². The van der Waals surface area contributed by atoms with E-state index in [-0.39, 0.29) is 6.03 Å². The van der Waals surface area contributed by atoms with Crippen LogP contribution in [0.15, 0.2) is 0 Å². The first-order valence-electron chi connectivity index (χ1n) is 3.32. The third kappa shape index (κ3) is 0.491. The molecule has 0 radical (unpaired) electrons. The molecule has 1 aliphatic heterocycles. The fourth-order valence-corrected chi connectivity index (χ4v) is 1.53. The van der Waals surface area contributed by atoms with Gasteiger partial charge in [0.05, 0.1) is 12.1 Å². The van der Waals surface area contributed by atoms with Gasteiger partial charge in [0.1, 0.15) is 0 Å². The molecule has 0 aromatic rings. The topological polar surface area (TPSA) is 32.3 Å². The maximum Gasteiger partial charge on any atom is 0.317 e. The number of hydrogen-bond donors (Lipinski definition) is 1. The smallest absolute Gasteiger partial charge is 0.317 e. The third-order valence-electron chi connectivity index (χ3n) is 2.36. The van der Waals surface area contributed by atoms with Gasteiger partial charge in [-0.25, -0.2) is 4.79 Å². The average molecular weight is 126 g/mol. The van der Waals surface area contributed by atoms with Gasteiger partial charge in [-0.3, -0.25) is 0 Å². The van der Waals surface area contributed by atoms with Crippen LogP contribution in [0.3, 0.4) is 0 Å². The molecular weight excluding hydrogens is 116 g/mol. The van der Waals surface area contributed by atoms with Crippen molar-refractivity contribution in [1.29, 1.82) is 0 Å². The molecule has 2 unspecified atom stereocenters. The molecule has 3 heteroatoms. The van der Waals surface area contributed by atoms with E-state index in [0.29, 0.717) is 12.1 Å². The third-order valence-corrected chi connectivity index (χ3v) is 2.36. The molecule has 1 saturated carbocycles.